The number of hydrogen-bond acceptors (Lipinski definition) is 6. The Labute approximate surface area is 136 Å². The van der Waals surface area contributed by atoms with Gasteiger partial charge in [-0.3, -0.25) is 10.1 Å². The molecular formula is C16H27N3O4. The Morgan fingerprint density at radius 2 is 1.83 bits per heavy atom. The van der Waals surface area contributed by atoms with Gasteiger partial charge >= 0.3 is 0 Å². The highest BCUT2D eigenvalue weighted by molar-refractivity contribution is 5.34. The van der Waals surface area contributed by atoms with Gasteiger partial charge in [-0.05, 0) is 50.2 Å². The monoisotopic (exact) mass is 325 g/mol. The molecule has 0 unspecified atom stereocenters. The number of unbranched alkanes of at least 4 members (excludes halogenated alkanes) is 2. The number of aliphatic hydroxyl groups excluding tert-OH is 2. The molecule has 0 fully saturated rings. The van der Waals surface area contributed by atoms with Crippen LogP contribution in [0, 0.1) is 10.1 Å². The fourth-order valence-corrected chi connectivity index (χ4v) is 2.32. The molecule has 1 aromatic rings. The van der Waals surface area contributed by atoms with Crippen LogP contribution in [0.1, 0.15) is 37.9 Å². The minimum absolute atomic E-state index is 0.0184. The van der Waals surface area contributed by atoms with Gasteiger partial charge in [-0.15, -0.1) is 0 Å². The van der Waals surface area contributed by atoms with Crippen LogP contribution >= 0.6 is 0 Å². The summed E-state index contributed by atoms with van der Waals surface area (Å²) in [6, 6.07) is 5.26. The van der Waals surface area contributed by atoms with E-state index in [1.165, 1.54) is 24.3 Å². The fraction of sp³-hybridized carbons (Fsp3) is 0.625. The maximum atomic E-state index is 10.6. The molecule has 0 aliphatic carbocycles. The zero-order valence-electron chi connectivity index (χ0n) is 13.6. The van der Waals surface area contributed by atoms with Crippen molar-refractivity contribution >= 4 is 5.69 Å². The number of nitrogens with one attached hydrogen (secondary N) is 2. The van der Waals surface area contributed by atoms with Crippen LogP contribution in [-0.4, -0.2) is 47.4 Å². The van der Waals surface area contributed by atoms with Crippen LogP contribution in [0.5, 0.6) is 0 Å². The second-order valence-electron chi connectivity index (χ2n) is 5.45. The number of nitro benzene ring substituents is 1. The molecule has 1 aromatic carbocycles. The Balaban J connectivity index is 2.39. The molecule has 0 saturated heterocycles. The Bertz CT molecular complexity index is 453. The molecule has 7 heteroatoms. The third-order valence-corrected chi connectivity index (χ3v) is 3.71. The molecule has 0 aromatic heterocycles. The summed E-state index contributed by atoms with van der Waals surface area (Å²) in [6.45, 7) is 4.57. The third-order valence-electron chi connectivity index (χ3n) is 3.71. The first-order valence-electron chi connectivity index (χ1n) is 8.07. The number of nitro groups is 1. The minimum Gasteiger partial charge on any atom is -0.395 e. The molecule has 23 heavy (non-hydrogen) atoms. The number of non-ortho nitro benzene ring substituents is 1. The van der Waals surface area contributed by atoms with Gasteiger partial charge in [0.25, 0.3) is 5.69 Å². The molecule has 0 heterocycles. The maximum Gasteiger partial charge on any atom is 0.269 e. The average Bonchev–Trinajstić information content (AvgIpc) is 2.57. The standard InChI is InChI=1S/C16H27N3O4/c1-2-17-10-4-3-5-11-18-15(12-20)16(21)13-6-8-14(9-7-13)19(22)23/h6-9,15-18,20-21H,2-5,10-12H2,1H3/t15-,16-/m1/s1. The van der Waals surface area contributed by atoms with E-state index >= 15 is 0 Å². The minimum atomic E-state index is -0.900. The van der Waals surface area contributed by atoms with Gasteiger partial charge in [0.2, 0.25) is 0 Å². The van der Waals surface area contributed by atoms with E-state index in [1.54, 1.807) is 0 Å². The smallest absolute Gasteiger partial charge is 0.269 e. The Morgan fingerprint density at radius 3 is 2.39 bits per heavy atom. The number of rotatable bonds is 12. The first-order valence-corrected chi connectivity index (χ1v) is 8.07. The van der Waals surface area contributed by atoms with Crippen LogP contribution in [0.25, 0.3) is 0 Å². The highest BCUT2D eigenvalue weighted by Gasteiger charge is 2.20. The molecular weight excluding hydrogens is 298 g/mol. The normalized spacial score (nSPS) is 13.7. The van der Waals surface area contributed by atoms with Crippen molar-refractivity contribution in [3.8, 4) is 0 Å². The van der Waals surface area contributed by atoms with Gasteiger partial charge in [0.05, 0.1) is 23.7 Å². The van der Waals surface area contributed by atoms with Crippen molar-refractivity contribution in [1.82, 2.24) is 10.6 Å². The molecule has 0 saturated carbocycles. The average molecular weight is 325 g/mol. The van der Waals surface area contributed by atoms with Crippen LogP contribution in [-0.2, 0) is 0 Å². The van der Waals surface area contributed by atoms with Crippen molar-refractivity contribution in [2.75, 3.05) is 26.2 Å². The molecule has 0 radical (unpaired) electrons. The van der Waals surface area contributed by atoms with E-state index in [2.05, 4.69) is 17.6 Å². The van der Waals surface area contributed by atoms with E-state index < -0.39 is 17.1 Å². The largest absolute Gasteiger partial charge is 0.395 e. The molecule has 0 aliphatic heterocycles. The maximum absolute atomic E-state index is 10.6. The van der Waals surface area contributed by atoms with Crippen LogP contribution in [0.4, 0.5) is 5.69 Å². The second-order valence-corrected chi connectivity index (χ2v) is 5.45. The summed E-state index contributed by atoms with van der Waals surface area (Å²) in [5.41, 5.74) is 0.532. The van der Waals surface area contributed by atoms with E-state index in [0.29, 0.717) is 12.1 Å². The molecule has 0 amide bonds. The highest BCUT2D eigenvalue weighted by atomic mass is 16.6. The van der Waals surface area contributed by atoms with Crippen LogP contribution in [0.3, 0.4) is 0 Å². The van der Waals surface area contributed by atoms with Crippen molar-refractivity contribution in [1.29, 1.82) is 0 Å². The van der Waals surface area contributed by atoms with Crippen molar-refractivity contribution in [3.05, 3.63) is 39.9 Å². The van der Waals surface area contributed by atoms with Crippen LogP contribution in [0.2, 0.25) is 0 Å². The molecule has 4 N–H and O–H groups in total. The molecule has 0 spiro atoms. The summed E-state index contributed by atoms with van der Waals surface area (Å²) < 4.78 is 0. The number of benzene rings is 1. The van der Waals surface area contributed by atoms with Crippen molar-refractivity contribution < 1.29 is 15.1 Å². The van der Waals surface area contributed by atoms with Gasteiger partial charge in [-0.1, -0.05) is 13.3 Å². The lowest BCUT2D eigenvalue weighted by Gasteiger charge is -2.22. The molecule has 1 rings (SSSR count). The summed E-state index contributed by atoms with van der Waals surface area (Å²) in [5.74, 6) is 0. The summed E-state index contributed by atoms with van der Waals surface area (Å²) in [7, 11) is 0. The zero-order valence-corrected chi connectivity index (χ0v) is 13.6. The first-order chi connectivity index (χ1) is 11.1. The van der Waals surface area contributed by atoms with E-state index in [-0.39, 0.29) is 12.3 Å². The SMILES string of the molecule is CCNCCCCCN[C@H](CO)[C@H](O)c1ccc([N+](=O)[O-])cc1. The molecule has 2 atom stereocenters. The number of hydrogen-bond donors (Lipinski definition) is 4. The van der Waals surface area contributed by atoms with Gasteiger partial charge in [0, 0.05) is 12.1 Å². The van der Waals surface area contributed by atoms with Gasteiger partial charge in [0.15, 0.2) is 0 Å². The predicted octanol–water partition coefficient (Wildman–Crippen LogP) is 1.36. The Morgan fingerprint density at radius 1 is 1.17 bits per heavy atom. The summed E-state index contributed by atoms with van der Waals surface area (Å²) in [5, 5.41) is 36.7. The van der Waals surface area contributed by atoms with Gasteiger partial charge < -0.3 is 20.8 Å². The molecule has 0 bridgehead atoms. The highest BCUT2D eigenvalue weighted by Crippen LogP contribution is 2.20. The zero-order chi connectivity index (χ0) is 17.1. The van der Waals surface area contributed by atoms with Crippen molar-refractivity contribution in [3.63, 3.8) is 0 Å². The third kappa shape index (κ3) is 7.04. The molecule has 0 aliphatic rings. The lowest BCUT2D eigenvalue weighted by Crippen LogP contribution is -2.38. The fourth-order valence-electron chi connectivity index (χ4n) is 2.32. The number of nitrogens with zero attached hydrogens (tertiary/aromatic N) is 1. The molecule has 130 valence electrons. The van der Waals surface area contributed by atoms with E-state index in [4.69, 9.17) is 0 Å². The van der Waals surface area contributed by atoms with Crippen LogP contribution < -0.4 is 10.6 Å². The quantitative estimate of drug-likeness (QED) is 0.262. The second kappa shape index (κ2) is 11.1. The Kier molecular flexibility index (Phi) is 9.39. The van der Waals surface area contributed by atoms with Gasteiger partial charge in [-0.2, -0.15) is 0 Å². The van der Waals surface area contributed by atoms with Gasteiger partial charge in [0.1, 0.15) is 0 Å². The summed E-state index contributed by atoms with van der Waals surface area (Å²) in [4.78, 5) is 10.1. The predicted molar refractivity (Wildman–Crippen MR) is 89.3 cm³/mol. The lowest BCUT2D eigenvalue weighted by atomic mass is 10.0. The topological polar surface area (TPSA) is 108 Å². The van der Waals surface area contributed by atoms with Gasteiger partial charge in [-0.25, -0.2) is 0 Å². The van der Waals surface area contributed by atoms with Crippen LogP contribution in [0.15, 0.2) is 24.3 Å². The first kappa shape index (κ1) is 19.5. The van der Waals surface area contributed by atoms with E-state index in [0.717, 1.165) is 32.4 Å². The summed E-state index contributed by atoms with van der Waals surface area (Å²) >= 11 is 0. The number of aliphatic hydroxyl groups is 2. The van der Waals surface area contributed by atoms with Crippen molar-refractivity contribution in [2.45, 2.75) is 38.3 Å². The van der Waals surface area contributed by atoms with E-state index in [1.807, 2.05) is 0 Å². The van der Waals surface area contributed by atoms with Crippen molar-refractivity contribution in [2.24, 2.45) is 0 Å². The molecule has 7 nitrogen and oxygen atoms in total. The Hall–Kier alpha value is -1.54. The lowest BCUT2D eigenvalue weighted by molar-refractivity contribution is -0.384. The van der Waals surface area contributed by atoms with E-state index in [9.17, 15) is 20.3 Å². The summed E-state index contributed by atoms with van der Waals surface area (Å²) in [6.07, 6.45) is 2.24.